The van der Waals surface area contributed by atoms with E-state index in [2.05, 4.69) is 15.3 Å². The molecule has 0 saturated carbocycles. The fraction of sp³-hybridized carbons (Fsp3) is 0.0556. The smallest absolute Gasteiger partial charge is 0.271 e. The van der Waals surface area contributed by atoms with Crippen LogP contribution in [0.2, 0.25) is 0 Å². The Morgan fingerprint density at radius 2 is 1.76 bits per heavy atom. The van der Waals surface area contributed by atoms with Crippen molar-refractivity contribution in [2.75, 3.05) is 0 Å². The van der Waals surface area contributed by atoms with Crippen LogP contribution in [0.5, 0.6) is 0 Å². The molecular formula is C18H13N3OS3. The third kappa shape index (κ3) is 3.68. The van der Waals surface area contributed by atoms with Crippen molar-refractivity contribution in [2.45, 2.75) is 6.54 Å². The second-order valence-corrected chi connectivity index (χ2v) is 7.87. The summed E-state index contributed by atoms with van der Waals surface area (Å²) in [5, 5.41) is 10.5. The summed E-state index contributed by atoms with van der Waals surface area (Å²) in [6.45, 7) is 0.402. The van der Waals surface area contributed by atoms with Crippen LogP contribution in [0.3, 0.4) is 0 Å². The van der Waals surface area contributed by atoms with E-state index in [1.165, 1.54) is 11.3 Å². The minimum Gasteiger partial charge on any atom is -0.345 e. The van der Waals surface area contributed by atoms with Crippen LogP contribution >= 0.6 is 34.0 Å². The van der Waals surface area contributed by atoms with Gasteiger partial charge in [0.25, 0.3) is 5.91 Å². The summed E-state index contributed by atoms with van der Waals surface area (Å²) < 4.78 is 0. The van der Waals surface area contributed by atoms with Gasteiger partial charge in [-0.15, -0.1) is 34.0 Å². The lowest BCUT2D eigenvalue weighted by molar-refractivity contribution is 0.0946. The van der Waals surface area contributed by atoms with Crippen LogP contribution in [-0.2, 0) is 6.54 Å². The van der Waals surface area contributed by atoms with Crippen molar-refractivity contribution in [3.8, 4) is 20.5 Å². The van der Waals surface area contributed by atoms with Gasteiger partial charge in [0.05, 0.1) is 17.1 Å². The van der Waals surface area contributed by atoms with Gasteiger partial charge in [-0.05, 0) is 11.4 Å². The van der Waals surface area contributed by atoms with Gasteiger partial charge in [-0.3, -0.25) is 4.79 Å². The number of rotatable bonds is 5. The highest BCUT2D eigenvalue weighted by Gasteiger charge is 2.12. The minimum atomic E-state index is -0.177. The molecule has 0 aliphatic rings. The van der Waals surface area contributed by atoms with Crippen molar-refractivity contribution < 1.29 is 4.79 Å². The summed E-state index contributed by atoms with van der Waals surface area (Å²) in [6, 6.07) is 13.9. The zero-order chi connectivity index (χ0) is 17.1. The Bertz CT molecular complexity index is 974. The lowest BCUT2D eigenvalue weighted by atomic mass is 10.2. The molecule has 0 bridgehead atoms. The van der Waals surface area contributed by atoms with Gasteiger partial charge in [-0.2, -0.15) is 0 Å². The van der Waals surface area contributed by atoms with Crippen LogP contribution in [0.15, 0.2) is 58.6 Å². The zero-order valence-electron chi connectivity index (χ0n) is 13.0. The number of aromatic nitrogens is 2. The predicted octanol–water partition coefficient (Wildman–Crippen LogP) is 4.93. The Morgan fingerprint density at radius 1 is 0.920 bits per heavy atom. The Balaban J connectivity index is 1.40. The summed E-state index contributed by atoms with van der Waals surface area (Å²) in [7, 11) is 0. The average molecular weight is 384 g/mol. The summed E-state index contributed by atoms with van der Waals surface area (Å²) >= 11 is 4.72. The number of amides is 1. The molecule has 0 radical (unpaired) electrons. The molecule has 1 N–H and O–H groups in total. The van der Waals surface area contributed by atoms with Crippen LogP contribution in [0, 0.1) is 0 Å². The van der Waals surface area contributed by atoms with Crippen LogP contribution < -0.4 is 5.32 Å². The van der Waals surface area contributed by atoms with Crippen LogP contribution in [0.4, 0.5) is 0 Å². The van der Waals surface area contributed by atoms with E-state index in [9.17, 15) is 4.79 Å². The first-order valence-corrected chi connectivity index (χ1v) is 10.2. The zero-order valence-corrected chi connectivity index (χ0v) is 15.5. The van der Waals surface area contributed by atoms with E-state index in [1.807, 2.05) is 53.2 Å². The maximum atomic E-state index is 12.3. The number of carbonyl (C=O) groups is 1. The summed E-state index contributed by atoms with van der Waals surface area (Å²) in [6.07, 6.45) is 0. The second kappa shape index (κ2) is 7.26. The number of hydrogen-bond acceptors (Lipinski definition) is 6. The molecule has 4 nitrogen and oxygen atoms in total. The molecule has 0 aliphatic heterocycles. The van der Waals surface area contributed by atoms with Gasteiger partial charge in [-0.25, -0.2) is 9.97 Å². The molecule has 3 aromatic heterocycles. The Labute approximate surface area is 156 Å². The number of thiazole rings is 2. The average Bonchev–Trinajstić information content (AvgIpc) is 3.41. The highest BCUT2D eigenvalue weighted by atomic mass is 32.1. The van der Waals surface area contributed by atoms with Gasteiger partial charge in [0, 0.05) is 16.3 Å². The maximum absolute atomic E-state index is 12.3. The standard InChI is InChI=1S/C18H13N3OS3/c22-16(14-11-25-17(21-14)12-5-2-1-3-6-12)19-9-13-10-24-18(20-13)15-7-4-8-23-15/h1-8,10-11H,9H2,(H,19,22). The van der Waals surface area contributed by atoms with Crippen LogP contribution in [0.25, 0.3) is 20.5 Å². The van der Waals surface area contributed by atoms with E-state index in [1.54, 1.807) is 28.1 Å². The molecule has 3 heterocycles. The number of nitrogens with one attached hydrogen (secondary N) is 1. The summed E-state index contributed by atoms with van der Waals surface area (Å²) in [4.78, 5) is 22.5. The Hall–Kier alpha value is -2.35. The molecular weight excluding hydrogens is 370 g/mol. The molecule has 4 rings (SSSR count). The summed E-state index contributed by atoms with van der Waals surface area (Å²) in [5.41, 5.74) is 2.32. The van der Waals surface area contributed by atoms with Crippen molar-refractivity contribution in [2.24, 2.45) is 0 Å². The molecule has 25 heavy (non-hydrogen) atoms. The largest absolute Gasteiger partial charge is 0.345 e. The lowest BCUT2D eigenvalue weighted by Crippen LogP contribution is -2.23. The molecule has 0 spiro atoms. The van der Waals surface area contributed by atoms with Crippen molar-refractivity contribution in [1.29, 1.82) is 0 Å². The third-order valence-corrected chi connectivity index (χ3v) is 6.29. The fourth-order valence-corrected chi connectivity index (χ4v) is 4.69. The quantitative estimate of drug-likeness (QED) is 0.532. The van der Waals surface area contributed by atoms with E-state index < -0.39 is 0 Å². The van der Waals surface area contributed by atoms with Gasteiger partial charge in [0.1, 0.15) is 15.7 Å². The number of hydrogen-bond donors (Lipinski definition) is 1. The highest BCUT2D eigenvalue weighted by Crippen LogP contribution is 2.28. The van der Waals surface area contributed by atoms with Gasteiger partial charge >= 0.3 is 0 Å². The first-order chi connectivity index (χ1) is 12.3. The molecule has 0 atom stereocenters. The number of thiophene rings is 1. The molecule has 7 heteroatoms. The first-order valence-electron chi connectivity index (χ1n) is 7.57. The molecule has 0 aliphatic carbocycles. The van der Waals surface area contributed by atoms with E-state index in [0.717, 1.165) is 26.1 Å². The minimum absolute atomic E-state index is 0.177. The normalized spacial score (nSPS) is 10.7. The predicted molar refractivity (Wildman–Crippen MR) is 104 cm³/mol. The Kier molecular flexibility index (Phi) is 4.69. The maximum Gasteiger partial charge on any atom is 0.271 e. The monoisotopic (exact) mass is 383 g/mol. The van der Waals surface area contributed by atoms with Gasteiger partial charge in [-0.1, -0.05) is 36.4 Å². The molecule has 0 fully saturated rings. The number of benzene rings is 1. The van der Waals surface area contributed by atoms with Gasteiger partial charge in [0.15, 0.2) is 0 Å². The highest BCUT2D eigenvalue weighted by molar-refractivity contribution is 7.20. The van der Waals surface area contributed by atoms with E-state index in [0.29, 0.717) is 12.2 Å². The van der Waals surface area contributed by atoms with Crippen molar-refractivity contribution in [3.63, 3.8) is 0 Å². The molecule has 1 aromatic carbocycles. The van der Waals surface area contributed by atoms with Crippen LogP contribution in [-0.4, -0.2) is 15.9 Å². The molecule has 124 valence electrons. The van der Waals surface area contributed by atoms with Crippen molar-refractivity contribution in [1.82, 2.24) is 15.3 Å². The van der Waals surface area contributed by atoms with Crippen molar-refractivity contribution in [3.05, 3.63) is 70.0 Å². The van der Waals surface area contributed by atoms with E-state index >= 15 is 0 Å². The Morgan fingerprint density at radius 3 is 2.56 bits per heavy atom. The third-order valence-electron chi connectivity index (χ3n) is 3.47. The fourth-order valence-electron chi connectivity index (χ4n) is 2.25. The topological polar surface area (TPSA) is 54.9 Å². The van der Waals surface area contributed by atoms with Crippen molar-refractivity contribution >= 4 is 39.9 Å². The molecule has 0 unspecified atom stereocenters. The van der Waals surface area contributed by atoms with Crippen LogP contribution in [0.1, 0.15) is 16.2 Å². The SMILES string of the molecule is O=C(NCc1csc(-c2cccs2)n1)c1csc(-c2ccccc2)n1. The number of nitrogens with zero attached hydrogens (tertiary/aromatic N) is 2. The van der Waals surface area contributed by atoms with E-state index in [4.69, 9.17) is 0 Å². The second-order valence-electron chi connectivity index (χ2n) is 5.21. The molecule has 1 amide bonds. The van der Waals surface area contributed by atoms with Gasteiger partial charge < -0.3 is 5.32 Å². The molecule has 0 saturated heterocycles. The lowest BCUT2D eigenvalue weighted by Gasteiger charge is -2.00. The van der Waals surface area contributed by atoms with E-state index in [-0.39, 0.29) is 5.91 Å². The molecule has 4 aromatic rings. The van der Waals surface area contributed by atoms with Gasteiger partial charge in [0.2, 0.25) is 0 Å². The first kappa shape index (κ1) is 16.1. The summed E-state index contributed by atoms with van der Waals surface area (Å²) in [5.74, 6) is -0.177. The number of carbonyl (C=O) groups excluding carboxylic acids is 1.